The number of piperidine rings is 1. The molecule has 2 aromatic carbocycles. The lowest BCUT2D eigenvalue weighted by Gasteiger charge is -2.32. The van der Waals surface area contributed by atoms with Crippen molar-refractivity contribution in [2.24, 2.45) is 5.92 Å². The number of carbonyl (C=O) groups excluding carboxylic acids is 1. The number of carbonyl (C=O) groups is 1. The number of anilines is 1. The number of methoxy groups -OCH3 is 2. The SMILES string of the molecule is COc1ccc(CCNC(=O)C2CCCN(c3ccc(-n4ccnc4-c4ccccc4)nn3)C2)cc1OC. The van der Waals surface area contributed by atoms with Gasteiger partial charge in [0.1, 0.15) is 5.82 Å². The summed E-state index contributed by atoms with van der Waals surface area (Å²) in [6.07, 6.45) is 6.15. The van der Waals surface area contributed by atoms with Crippen molar-refractivity contribution in [3.63, 3.8) is 0 Å². The fourth-order valence-corrected chi connectivity index (χ4v) is 4.81. The van der Waals surface area contributed by atoms with Crippen LogP contribution in [0.4, 0.5) is 5.82 Å². The van der Waals surface area contributed by atoms with Crippen LogP contribution in [0.15, 0.2) is 73.1 Å². The maximum absolute atomic E-state index is 12.9. The number of rotatable bonds is 9. The Hall–Kier alpha value is -4.40. The molecule has 0 bridgehead atoms. The minimum Gasteiger partial charge on any atom is -0.493 e. The Morgan fingerprint density at radius 3 is 2.55 bits per heavy atom. The van der Waals surface area contributed by atoms with Gasteiger partial charge in [0.25, 0.3) is 0 Å². The van der Waals surface area contributed by atoms with Crippen LogP contribution < -0.4 is 19.7 Å². The summed E-state index contributed by atoms with van der Waals surface area (Å²) in [4.78, 5) is 19.6. The lowest BCUT2D eigenvalue weighted by atomic mass is 9.97. The number of benzene rings is 2. The summed E-state index contributed by atoms with van der Waals surface area (Å²) in [7, 11) is 3.24. The average Bonchev–Trinajstić information content (AvgIpc) is 3.48. The molecule has 1 aliphatic rings. The molecule has 1 amide bonds. The van der Waals surface area contributed by atoms with Gasteiger partial charge in [0.05, 0.1) is 20.1 Å². The Balaban J connectivity index is 1.18. The first kappa shape index (κ1) is 25.3. The Bertz CT molecular complexity index is 1360. The van der Waals surface area contributed by atoms with Gasteiger partial charge in [-0.3, -0.25) is 9.36 Å². The van der Waals surface area contributed by atoms with Gasteiger partial charge in [-0.25, -0.2) is 4.98 Å². The van der Waals surface area contributed by atoms with Crippen molar-refractivity contribution in [2.45, 2.75) is 19.3 Å². The fraction of sp³-hybridized carbons (Fsp3) is 0.310. The number of nitrogens with zero attached hydrogens (tertiary/aromatic N) is 5. The van der Waals surface area contributed by atoms with Crippen LogP contribution in [0.1, 0.15) is 18.4 Å². The van der Waals surface area contributed by atoms with Crippen LogP contribution in [0.3, 0.4) is 0 Å². The van der Waals surface area contributed by atoms with Crippen LogP contribution in [-0.4, -0.2) is 59.5 Å². The Labute approximate surface area is 222 Å². The second kappa shape index (κ2) is 11.8. The smallest absolute Gasteiger partial charge is 0.224 e. The van der Waals surface area contributed by atoms with Gasteiger partial charge >= 0.3 is 0 Å². The Kier molecular flexibility index (Phi) is 7.82. The van der Waals surface area contributed by atoms with Crippen molar-refractivity contribution in [3.05, 3.63) is 78.6 Å². The van der Waals surface area contributed by atoms with Gasteiger partial charge in [0.2, 0.25) is 5.91 Å². The molecule has 2 aromatic heterocycles. The van der Waals surface area contributed by atoms with E-state index in [0.29, 0.717) is 36.8 Å². The average molecular weight is 513 g/mol. The molecule has 1 unspecified atom stereocenters. The number of hydrogen-bond donors (Lipinski definition) is 1. The van der Waals surface area contributed by atoms with Crippen molar-refractivity contribution >= 4 is 11.7 Å². The van der Waals surface area contributed by atoms with E-state index in [0.717, 1.165) is 42.2 Å². The Morgan fingerprint density at radius 1 is 1.00 bits per heavy atom. The van der Waals surface area contributed by atoms with Crippen molar-refractivity contribution in [3.8, 4) is 28.7 Å². The summed E-state index contributed by atoms with van der Waals surface area (Å²) in [5.74, 6) is 3.66. The van der Waals surface area contributed by atoms with Crippen LogP contribution in [0.2, 0.25) is 0 Å². The highest BCUT2D eigenvalue weighted by atomic mass is 16.5. The molecule has 38 heavy (non-hydrogen) atoms. The molecule has 1 fully saturated rings. The normalized spacial score (nSPS) is 15.2. The lowest BCUT2D eigenvalue weighted by Crippen LogP contribution is -2.43. The van der Waals surface area contributed by atoms with Crippen LogP contribution in [-0.2, 0) is 11.2 Å². The summed E-state index contributed by atoms with van der Waals surface area (Å²) in [5.41, 5.74) is 2.09. The maximum Gasteiger partial charge on any atom is 0.224 e. The first-order chi connectivity index (χ1) is 18.7. The predicted molar refractivity (Wildman–Crippen MR) is 146 cm³/mol. The second-order valence-corrected chi connectivity index (χ2v) is 9.25. The molecule has 9 nitrogen and oxygen atoms in total. The fourth-order valence-electron chi connectivity index (χ4n) is 4.81. The van der Waals surface area contributed by atoms with Crippen molar-refractivity contribution in [2.75, 3.05) is 38.8 Å². The molecule has 196 valence electrons. The molecule has 9 heteroatoms. The van der Waals surface area contributed by atoms with Crippen LogP contribution in [0.5, 0.6) is 11.5 Å². The highest BCUT2D eigenvalue weighted by Crippen LogP contribution is 2.28. The monoisotopic (exact) mass is 512 g/mol. The first-order valence-corrected chi connectivity index (χ1v) is 12.8. The summed E-state index contributed by atoms with van der Waals surface area (Å²) in [5, 5.41) is 12.1. The topological polar surface area (TPSA) is 94.4 Å². The summed E-state index contributed by atoms with van der Waals surface area (Å²) < 4.78 is 12.6. The molecule has 0 radical (unpaired) electrons. The maximum atomic E-state index is 12.9. The third-order valence-corrected chi connectivity index (χ3v) is 6.83. The molecule has 3 heterocycles. The van der Waals surface area contributed by atoms with Gasteiger partial charge < -0.3 is 19.7 Å². The largest absolute Gasteiger partial charge is 0.493 e. The quantitative estimate of drug-likeness (QED) is 0.363. The molecule has 0 saturated carbocycles. The van der Waals surface area contributed by atoms with Crippen molar-refractivity contribution < 1.29 is 14.3 Å². The number of aromatic nitrogens is 4. The third-order valence-electron chi connectivity index (χ3n) is 6.83. The summed E-state index contributed by atoms with van der Waals surface area (Å²) in [6.45, 7) is 2.04. The van der Waals surface area contributed by atoms with Crippen LogP contribution >= 0.6 is 0 Å². The van der Waals surface area contributed by atoms with E-state index in [1.807, 2.05) is 71.4 Å². The zero-order valence-corrected chi connectivity index (χ0v) is 21.7. The molecular formula is C29H32N6O3. The van der Waals surface area contributed by atoms with Crippen molar-refractivity contribution in [1.29, 1.82) is 0 Å². The van der Waals surface area contributed by atoms with E-state index in [4.69, 9.17) is 9.47 Å². The molecule has 5 rings (SSSR count). The number of amides is 1. The van der Waals surface area contributed by atoms with Gasteiger partial charge in [-0.1, -0.05) is 36.4 Å². The van der Waals surface area contributed by atoms with E-state index in [9.17, 15) is 4.79 Å². The highest BCUT2D eigenvalue weighted by molar-refractivity contribution is 5.79. The van der Waals surface area contributed by atoms with Gasteiger partial charge in [0.15, 0.2) is 23.1 Å². The number of imidazole rings is 1. The Morgan fingerprint density at radius 2 is 1.79 bits per heavy atom. The zero-order chi connectivity index (χ0) is 26.3. The van der Waals surface area contributed by atoms with Crippen LogP contribution in [0, 0.1) is 5.92 Å². The predicted octanol–water partition coefficient (Wildman–Crippen LogP) is 3.92. The van der Waals surface area contributed by atoms with E-state index >= 15 is 0 Å². The summed E-state index contributed by atoms with van der Waals surface area (Å²) in [6, 6.07) is 19.7. The molecule has 1 N–H and O–H groups in total. The zero-order valence-electron chi connectivity index (χ0n) is 21.7. The molecule has 1 atom stereocenters. The molecule has 1 aliphatic heterocycles. The van der Waals surface area contributed by atoms with E-state index in [1.54, 1.807) is 20.4 Å². The summed E-state index contributed by atoms with van der Waals surface area (Å²) >= 11 is 0. The molecule has 1 saturated heterocycles. The standard InChI is InChI=1S/C29H32N6O3/c1-37-24-11-10-21(19-25(24)38-2)14-15-31-29(36)23-9-6-17-34(20-23)26-12-13-27(33-32-26)35-18-16-30-28(35)22-7-4-3-5-8-22/h3-5,7-8,10-13,16,18-19,23H,6,9,14-15,17,20H2,1-2H3,(H,31,36). The molecule has 4 aromatic rings. The minimum atomic E-state index is -0.0889. The van der Waals surface area contributed by atoms with Crippen LogP contribution in [0.25, 0.3) is 17.2 Å². The van der Waals surface area contributed by atoms with Gasteiger partial charge in [-0.15, -0.1) is 10.2 Å². The van der Waals surface area contributed by atoms with Gasteiger partial charge in [-0.05, 0) is 49.1 Å². The van der Waals surface area contributed by atoms with E-state index in [-0.39, 0.29) is 11.8 Å². The van der Waals surface area contributed by atoms with E-state index in [1.165, 1.54) is 0 Å². The highest BCUT2D eigenvalue weighted by Gasteiger charge is 2.26. The van der Waals surface area contributed by atoms with E-state index in [2.05, 4.69) is 25.4 Å². The van der Waals surface area contributed by atoms with E-state index < -0.39 is 0 Å². The number of nitrogens with one attached hydrogen (secondary N) is 1. The molecule has 0 aliphatic carbocycles. The lowest BCUT2D eigenvalue weighted by molar-refractivity contribution is -0.125. The number of hydrogen-bond acceptors (Lipinski definition) is 7. The van der Waals surface area contributed by atoms with Crippen molar-refractivity contribution in [1.82, 2.24) is 25.1 Å². The third kappa shape index (κ3) is 5.61. The molecular weight excluding hydrogens is 480 g/mol. The minimum absolute atomic E-state index is 0.0747. The number of ether oxygens (including phenoxy) is 2. The molecule has 0 spiro atoms. The second-order valence-electron chi connectivity index (χ2n) is 9.25. The van der Waals surface area contributed by atoms with Gasteiger partial charge in [-0.2, -0.15) is 0 Å². The first-order valence-electron chi connectivity index (χ1n) is 12.8. The van der Waals surface area contributed by atoms with Gasteiger partial charge in [0, 0.05) is 37.6 Å².